The summed E-state index contributed by atoms with van der Waals surface area (Å²) < 4.78 is 25.2. The first kappa shape index (κ1) is 24.6. The Hall–Kier alpha value is -3.08. The lowest BCUT2D eigenvalue weighted by Gasteiger charge is -2.18. The highest BCUT2D eigenvalue weighted by Crippen LogP contribution is 2.28. The third-order valence-electron chi connectivity index (χ3n) is 5.32. The van der Waals surface area contributed by atoms with Crippen LogP contribution < -0.4 is 10.0 Å². The lowest BCUT2D eigenvalue weighted by atomic mass is 10.0. The maximum atomic E-state index is 12.4. The Morgan fingerprint density at radius 3 is 2.61 bits per heavy atom. The average molecular weight is 475 g/mol. The van der Waals surface area contributed by atoms with Gasteiger partial charge in [0.25, 0.3) is 5.91 Å². The van der Waals surface area contributed by atoms with E-state index in [1.807, 2.05) is 25.3 Å². The maximum absolute atomic E-state index is 12.4. The van der Waals surface area contributed by atoms with Crippen LogP contribution in [0, 0.1) is 0 Å². The molecular weight excluding hydrogens is 444 g/mol. The number of fused-ring (bicyclic) bond motifs is 1. The summed E-state index contributed by atoms with van der Waals surface area (Å²) in [5.74, 6) is -0.286. The summed E-state index contributed by atoms with van der Waals surface area (Å²) >= 11 is 0. The Kier molecular flexibility index (Phi) is 7.31. The normalized spacial score (nSPS) is 13.6. The summed E-state index contributed by atoms with van der Waals surface area (Å²) in [6.07, 6.45) is 2.65. The van der Waals surface area contributed by atoms with Gasteiger partial charge in [-0.2, -0.15) is 0 Å². The second-order valence-electron chi connectivity index (χ2n) is 8.42. The third kappa shape index (κ3) is 6.04. The predicted octanol–water partition coefficient (Wildman–Crippen LogP) is 2.20. The van der Waals surface area contributed by atoms with Crippen molar-refractivity contribution in [3.8, 4) is 5.75 Å². The van der Waals surface area contributed by atoms with Gasteiger partial charge in [0, 0.05) is 38.3 Å². The second kappa shape index (κ2) is 9.82. The van der Waals surface area contributed by atoms with E-state index in [0.717, 1.165) is 22.7 Å². The molecule has 2 aromatic carbocycles. The molecule has 3 aromatic rings. The Labute approximate surface area is 193 Å². The van der Waals surface area contributed by atoms with Gasteiger partial charge in [-0.3, -0.25) is 9.52 Å². The number of benzene rings is 2. The number of carbonyl (C=O) groups is 1. The fraction of sp³-hybridized carbons (Fsp3) is 0.348. The number of para-hydroxylation sites is 1. The molecule has 0 unspecified atom stereocenters. The summed E-state index contributed by atoms with van der Waals surface area (Å²) in [6.45, 7) is 2.23. The van der Waals surface area contributed by atoms with Gasteiger partial charge in [0.2, 0.25) is 10.0 Å². The zero-order valence-corrected chi connectivity index (χ0v) is 19.9. The summed E-state index contributed by atoms with van der Waals surface area (Å²) in [6, 6.07) is 9.95. The van der Waals surface area contributed by atoms with E-state index in [1.165, 1.54) is 12.1 Å². The van der Waals surface area contributed by atoms with Crippen molar-refractivity contribution >= 4 is 32.5 Å². The van der Waals surface area contributed by atoms with E-state index in [4.69, 9.17) is 0 Å². The van der Waals surface area contributed by atoms with Gasteiger partial charge in [-0.25, -0.2) is 8.42 Å². The number of hydrogen-bond acceptors (Lipinski definition) is 6. The number of sulfonamides is 1. The highest BCUT2D eigenvalue weighted by atomic mass is 32.2. The molecule has 0 bridgehead atoms. The van der Waals surface area contributed by atoms with Crippen molar-refractivity contribution in [3.05, 3.63) is 59.3 Å². The molecule has 0 aliphatic carbocycles. The summed E-state index contributed by atoms with van der Waals surface area (Å²) in [5, 5.41) is 24.7. The van der Waals surface area contributed by atoms with E-state index in [9.17, 15) is 23.4 Å². The van der Waals surface area contributed by atoms with Crippen molar-refractivity contribution in [2.45, 2.75) is 25.5 Å². The molecule has 10 heteroatoms. The first-order valence-electron chi connectivity index (χ1n) is 10.5. The molecule has 0 radical (unpaired) electrons. The predicted molar refractivity (Wildman–Crippen MR) is 129 cm³/mol. The van der Waals surface area contributed by atoms with E-state index < -0.39 is 16.1 Å². The van der Waals surface area contributed by atoms with Gasteiger partial charge >= 0.3 is 0 Å². The zero-order chi connectivity index (χ0) is 24.3. The molecule has 0 aliphatic rings. The zero-order valence-electron chi connectivity index (χ0n) is 19.1. The van der Waals surface area contributed by atoms with Crippen LogP contribution in [0.15, 0.2) is 42.6 Å². The monoisotopic (exact) mass is 474 g/mol. The molecule has 1 amide bonds. The van der Waals surface area contributed by atoms with E-state index >= 15 is 0 Å². The Morgan fingerprint density at radius 1 is 1.21 bits per heavy atom. The smallest absolute Gasteiger partial charge is 0.255 e. The number of nitrogens with one attached hydrogen (secondary N) is 3. The minimum Gasteiger partial charge on any atom is -0.506 e. The van der Waals surface area contributed by atoms with Gasteiger partial charge in [-0.1, -0.05) is 18.2 Å². The third-order valence-corrected chi connectivity index (χ3v) is 5.91. The van der Waals surface area contributed by atoms with Crippen LogP contribution in [0.1, 0.15) is 34.5 Å². The van der Waals surface area contributed by atoms with Crippen molar-refractivity contribution in [2.75, 3.05) is 31.6 Å². The first-order chi connectivity index (χ1) is 15.5. The minimum atomic E-state index is -3.56. The number of aromatic hydroxyl groups is 1. The molecule has 1 aromatic heterocycles. The number of H-pyrrole nitrogens is 1. The van der Waals surface area contributed by atoms with Crippen LogP contribution in [0.25, 0.3) is 10.9 Å². The van der Waals surface area contributed by atoms with E-state index in [1.54, 1.807) is 31.1 Å². The highest BCUT2D eigenvalue weighted by Gasteiger charge is 2.17. The first-order valence-corrected chi connectivity index (χ1v) is 12.4. The van der Waals surface area contributed by atoms with Gasteiger partial charge in [-0.05, 0) is 42.7 Å². The number of anilines is 1. The second-order valence-corrected chi connectivity index (χ2v) is 10.2. The number of nitrogens with zero attached hydrogens (tertiary/aromatic N) is 1. The van der Waals surface area contributed by atoms with Crippen LogP contribution in [-0.2, 0) is 16.4 Å². The SMILES string of the molecule is C[C@H](Cc1c[nH]c2c(C(=O)N(C)C)cccc12)NC[C@@H](O)c1ccc(O)c(NS(C)(=O)=O)c1. The molecule has 2 atom stereocenters. The van der Waals surface area contributed by atoms with E-state index in [2.05, 4.69) is 15.0 Å². The number of amides is 1. The molecule has 3 rings (SSSR count). The highest BCUT2D eigenvalue weighted by molar-refractivity contribution is 7.92. The number of rotatable bonds is 9. The molecule has 33 heavy (non-hydrogen) atoms. The quantitative estimate of drug-likeness (QED) is 0.302. The number of aromatic amines is 1. The summed E-state index contributed by atoms with van der Waals surface area (Å²) in [4.78, 5) is 17.2. The number of carbonyl (C=O) groups excluding carboxylic acids is 1. The van der Waals surface area contributed by atoms with E-state index in [0.29, 0.717) is 17.5 Å². The molecule has 0 saturated carbocycles. The average Bonchev–Trinajstić information content (AvgIpc) is 3.14. The van der Waals surface area contributed by atoms with Crippen molar-refractivity contribution in [3.63, 3.8) is 0 Å². The summed E-state index contributed by atoms with van der Waals surface area (Å²) in [5.41, 5.74) is 2.96. The minimum absolute atomic E-state index is 0.0117. The molecule has 0 fully saturated rings. The molecule has 0 saturated heterocycles. The fourth-order valence-electron chi connectivity index (χ4n) is 3.68. The molecule has 178 valence electrons. The van der Waals surface area contributed by atoms with Gasteiger partial charge in [-0.15, -0.1) is 0 Å². The van der Waals surface area contributed by atoms with Crippen molar-refractivity contribution in [2.24, 2.45) is 0 Å². The number of phenols is 1. The number of phenolic OH excluding ortho intramolecular Hbond substituents is 1. The van der Waals surface area contributed by atoms with Gasteiger partial charge < -0.3 is 25.4 Å². The number of hydrogen-bond donors (Lipinski definition) is 5. The molecular formula is C23H30N4O5S. The van der Waals surface area contributed by atoms with Gasteiger partial charge in [0.15, 0.2) is 0 Å². The van der Waals surface area contributed by atoms with Gasteiger partial charge in [0.1, 0.15) is 5.75 Å². The number of aliphatic hydroxyl groups excluding tert-OH is 1. The fourth-order valence-corrected chi connectivity index (χ4v) is 4.24. The molecule has 1 heterocycles. The van der Waals surface area contributed by atoms with Gasteiger partial charge in [0.05, 0.1) is 29.1 Å². The van der Waals surface area contributed by atoms with Crippen LogP contribution >= 0.6 is 0 Å². The van der Waals surface area contributed by atoms with Crippen LogP contribution in [0.3, 0.4) is 0 Å². The van der Waals surface area contributed by atoms with Crippen molar-refractivity contribution < 1.29 is 23.4 Å². The maximum Gasteiger partial charge on any atom is 0.255 e. The Balaban J connectivity index is 1.67. The topological polar surface area (TPSA) is 135 Å². The number of aromatic nitrogens is 1. The Morgan fingerprint density at radius 2 is 1.94 bits per heavy atom. The summed E-state index contributed by atoms with van der Waals surface area (Å²) in [7, 11) is -0.125. The van der Waals surface area contributed by atoms with E-state index in [-0.39, 0.29) is 29.9 Å². The lowest BCUT2D eigenvalue weighted by Crippen LogP contribution is -2.32. The largest absolute Gasteiger partial charge is 0.506 e. The lowest BCUT2D eigenvalue weighted by molar-refractivity contribution is 0.0829. The molecule has 9 nitrogen and oxygen atoms in total. The van der Waals surface area contributed by atoms with Crippen molar-refractivity contribution in [1.29, 1.82) is 0 Å². The molecule has 0 spiro atoms. The standard InChI is InChI=1S/C23H30N4O5S/c1-14(10-16-12-25-22-17(16)6-5-7-18(22)23(30)27(2)3)24-13-21(29)15-8-9-20(28)19(11-15)26-33(4,31)32/h5-9,11-12,14,21,24-26,28-29H,10,13H2,1-4H3/t14-,21-/m1/s1. The molecule has 0 aliphatic heterocycles. The number of aliphatic hydroxyl groups is 1. The Bertz CT molecular complexity index is 1250. The van der Waals surface area contributed by atoms with Crippen LogP contribution in [0.5, 0.6) is 5.75 Å². The van der Waals surface area contributed by atoms with Crippen LogP contribution in [0.2, 0.25) is 0 Å². The van der Waals surface area contributed by atoms with Crippen LogP contribution in [0.4, 0.5) is 5.69 Å². The van der Waals surface area contributed by atoms with Crippen molar-refractivity contribution in [1.82, 2.24) is 15.2 Å². The van der Waals surface area contributed by atoms with Crippen LogP contribution in [-0.4, -0.2) is 67.4 Å². The molecule has 5 N–H and O–H groups in total.